The minimum atomic E-state index is -4.45. The van der Waals surface area contributed by atoms with Gasteiger partial charge in [-0.05, 0) is 30.3 Å². The van der Waals surface area contributed by atoms with E-state index in [9.17, 15) is 31.7 Å². The number of sulfonamides is 1. The second kappa shape index (κ2) is 7.40. The first kappa shape index (κ1) is 20.1. The van der Waals surface area contributed by atoms with Crippen LogP contribution in [0.3, 0.4) is 0 Å². The fraction of sp³-hybridized carbons (Fsp3) is 0.294. The van der Waals surface area contributed by atoms with Crippen LogP contribution >= 0.6 is 0 Å². The molecule has 1 saturated heterocycles. The van der Waals surface area contributed by atoms with E-state index in [1.807, 2.05) is 0 Å². The summed E-state index contributed by atoms with van der Waals surface area (Å²) in [5.74, 6) is 0. The van der Waals surface area contributed by atoms with Crippen molar-refractivity contribution in [2.24, 2.45) is 0 Å². The summed E-state index contributed by atoms with van der Waals surface area (Å²) in [6, 6.07) is 9.48. The van der Waals surface area contributed by atoms with Crippen LogP contribution in [0.1, 0.15) is 5.56 Å². The van der Waals surface area contributed by atoms with E-state index >= 15 is 0 Å². The fourth-order valence-corrected chi connectivity index (χ4v) is 4.38. The van der Waals surface area contributed by atoms with Crippen LogP contribution in [0.2, 0.25) is 0 Å². The molecule has 2 aromatic rings. The molecule has 0 spiro atoms. The highest BCUT2D eigenvalue weighted by Gasteiger charge is 2.32. The highest BCUT2D eigenvalue weighted by atomic mass is 32.2. The number of nitrogens with zero attached hydrogens (tertiary/aromatic N) is 3. The highest BCUT2D eigenvalue weighted by molar-refractivity contribution is 7.89. The van der Waals surface area contributed by atoms with Crippen LogP contribution < -0.4 is 4.90 Å². The summed E-state index contributed by atoms with van der Waals surface area (Å²) in [4.78, 5) is 11.7. The minimum Gasteiger partial charge on any atom is -0.369 e. The Kier molecular flexibility index (Phi) is 5.31. The van der Waals surface area contributed by atoms with Crippen molar-refractivity contribution >= 4 is 21.4 Å². The Bertz CT molecular complexity index is 970. The second-order valence-corrected chi connectivity index (χ2v) is 8.13. The third-order valence-electron chi connectivity index (χ3n) is 4.46. The Morgan fingerprint density at radius 1 is 0.964 bits per heavy atom. The number of rotatable bonds is 4. The molecule has 0 radical (unpaired) electrons. The maximum atomic E-state index is 12.9. The summed E-state index contributed by atoms with van der Waals surface area (Å²) in [5, 5.41) is 10.7. The number of nitro groups is 1. The molecule has 3 rings (SSSR count). The van der Waals surface area contributed by atoms with Crippen LogP contribution in [0.5, 0.6) is 0 Å². The van der Waals surface area contributed by atoms with Crippen LogP contribution in [0.25, 0.3) is 0 Å². The van der Waals surface area contributed by atoms with E-state index in [0.717, 1.165) is 24.3 Å². The molecule has 0 unspecified atom stereocenters. The maximum Gasteiger partial charge on any atom is 0.416 e. The number of nitro benzene ring substituents is 1. The smallest absolute Gasteiger partial charge is 0.369 e. The van der Waals surface area contributed by atoms with E-state index in [1.165, 1.54) is 22.5 Å². The summed E-state index contributed by atoms with van der Waals surface area (Å²) in [6.07, 6.45) is -4.45. The van der Waals surface area contributed by atoms with Gasteiger partial charge in [-0.25, -0.2) is 8.42 Å². The molecule has 0 amide bonds. The molecule has 28 heavy (non-hydrogen) atoms. The Morgan fingerprint density at radius 2 is 1.57 bits per heavy atom. The Morgan fingerprint density at radius 3 is 2.11 bits per heavy atom. The maximum absolute atomic E-state index is 12.9. The molecule has 0 bridgehead atoms. The standard InChI is InChI=1S/C17H16F3N3O4S/c18-17(19,20)13-2-1-3-15(12-13)21-8-10-22(11-9-21)28(26,27)16-6-4-14(5-7-16)23(24)25/h1-7,12H,8-11H2. The van der Waals surface area contributed by atoms with Crippen LogP contribution in [-0.2, 0) is 16.2 Å². The third-order valence-corrected chi connectivity index (χ3v) is 6.38. The molecule has 1 aliphatic heterocycles. The van der Waals surface area contributed by atoms with Gasteiger partial charge in [-0.2, -0.15) is 17.5 Å². The van der Waals surface area contributed by atoms with Gasteiger partial charge in [0.05, 0.1) is 15.4 Å². The van der Waals surface area contributed by atoms with E-state index in [4.69, 9.17) is 0 Å². The minimum absolute atomic E-state index is 0.0642. The van der Waals surface area contributed by atoms with Gasteiger partial charge < -0.3 is 4.90 Å². The Hall–Kier alpha value is -2.66. The number of benzene rings is 2. The van der Waals surface area contributed by atoms with Crippen molar-refractivity contribution in [1.29, 1.82) is 0 Å². The van der Waals surface area contributed by atoms with Crippen molar-refractivity contribution in [3.05, 3.63) is 64.2 Å². The molecule has 0 saturated carbocycles. The number of halogens is 3. The van der Waals surface area contributed by atoms with Gasteiger partial charge in [0.25, 0.3) is 5.69 Å². The first-order valence-electron chi connectivity index (χ1n) is 8.26. The van der Waals surface area contributed by atoms with Crippen molar-refractivity contribution in [3.8, 4) is 0 Å². The van der Waals surface area contributed by atoms with Gasteiger partial charge in [0.1, 0.15) is 0 Å². The van der Waals surface area contributed by atoms with Crippen molar-refractivity contribution < 1.29 is 26.5 Å². The molecule has 0 aromatic heterocycles. The quantitative estimate of drug-likeness (QED) is 0.566. The Balaban J connectivity index is 1.72. The van der Waals surface area contributed by atoms with E-state index in [2.05, 4.69) is 0 Å². The number of alkyl halides is 3. The van der Waals surface area contributed by atoms with Crippen molar-refractivity contribution in [1.82, 2.24) is 4.31 Å². The summed E-state index contributed by atoms with van der Waals surface area (Å²) in [7, 11) is -3.84. The summed E-state index contributed by atoms with van der Waals surface area (Å²) < 4.78 is 65.2. The molecule has 11 heteroatoms. The average molecular weight is 415 g/mol. The zero-order valence-corrected chi connectivity index (χ0v) is 15.3. The van der Waals surface area contributed by atoms with Gasteiger partial charge in [-0.1, -0.05) is 6.07 Å². The zero-order valence-electron chi connectivity index (χ0n) is 14.5. The molecule has 1 aliphatic rings. The highest BCUT2D eigenvalue weighted by Crippen LogP contribution is 2.32. The van der Waals surface area contributed by atoms with Crippen molar-refractivity contribution in [2.75, 3.05) is 31.1 Å². The lowest BCUT2D eigenvalue weighted by Crippen LogP contribution is -2.48. The van der Waals surface area contributed by atoms with E-state index in [0.29, 0.717) is 5.69 Å². The largest absolute Gasteiger partial charge is 0.416 e. The SMILES string of the molecule is O=[N+]([O-])c1ccc(S(=O)(=O)N2CCN(c3cccc(C(F)(F)F)c3)CC2)cc1. The molecular weight excluding hydrogens is 399 g/mol. The lowest BCUT2D eigenvalue weighted by molar-refractivity contribution is -0.384. The van der Waals surface area contributed by atoms with Crippen LogP contribution in [0.4, 0.5) is 24.5 Å². The second-order valence-electron chi connectivity index (χ2n) is 6.19. The van der Waals surface area contributed by atoms with Crippen LogP contribution in [0, 0.1) is 10.1 Å². The summed E-state index contributed by atoms with van der Waals surface area (Å²) in [6.45, 7) is 0.645. The van der Waals surface area contributed by atoms with E-state index in [-0.39, 0.29) is 36.8 Å². The van der Waals surface area contributed by atoms with Gasteiger partial charge in [0.2, 0.25) is 10.0 Å². The van der Waals surface area contributed by atoms with Gasteiger partial charge >= 0.3 is 6.18 Å². The van der Waals surface area contributed by atoms with Gasteiger partial charge in [-0.3, -0.25) is 10.1 Å². The van der Waals surface area contributed by atoms with Gasteiger partial charge in [-0.15, -0.1) is 0 Å². The normalized spacial score (nSPS) is 16.2. The van der Waals surface area contributed by atoms with Gasteiger partial charge in [0, 0.05) is 44.0 Å². The first-order valence-corrected chi connectivity index (χ1v) is 9.70. The Labute approximate surface area is 159 Å². The predicted octanol–water partition coefficient (Wildman–Crippen LogP) is 3.12. The van der Waals surface area contributed by atoms with E-state index in [1.54, 1.807) is 11.0 Å². The first-order chi connectivity index (χ1) is 13.1. The van der Waals surface area contributed by atoms with Crippen molar-refractivity contribution in [3.63, 3.8) is 0 Å². The molecule has 0 atom stereocenters. The average Bonchev–Trinajstić information content (AvgIpc) is 2.67. The number of hydrogen-bond donors (Lipinski definition) is 0. The fourth-order valence-electron chi connectivity index (χ4n) is 2.95. The van der Waals surface area contributed by atoms with Crippen LogP contribution in [-0.4, -0.2) is 43.8 Å². The molecule has 150 valence electrons. The number of anilines is 1. The molecule has 1 fully saturated rings. The van der Waals surface area contributed by atoms with Crippen molar-refractivity contribution in [2.45, 2.75) is 11.1 Å². The number of piperazine rings is 1. The molecular formula is C17H16F3N3O4S. The molecule has 0 N–H and O–H groups in total. The molecule has 1 heterocycles. The lowest BCUT2D eigenvalue weighted by Gasteiger charge is -2.35. The molecule has 0 aliphatic carbocycles. The summed E-state index contributed by atoms with van der Waals surface area (Å²) >= 11 is 0. The predicted molar refractivity (Wildman–Crippen MR) is 95.5 cm³/mol. The zero-order chi connectivity index (χ0) is 20.5. The lowest BCUT2D eigenvalue weighted by atomic mass is 10.1. The topological polar surface area (TPSA) is 83.8 Å². The number of non-ortho nitro benzene ring substituents is 1. The number of hydrogen-bond acceptors (Lipinski definition) is 5. The monoisotopic (exact) mass is 415 g/mol. The van der Waals surface area contributed by atoms with Crippen LogP contribution in [0.15, 0.2) is 53.4 Å². The van der Waals surface area contributed by atoms with E-state index < -0.39 is 26.7 Å². The summed E-state index contributed by atoms with van der Waals surface area (Å²) in [5.41, 5.74) is -0.596. The third kappa shape index (κ3) is 4.09. The van der Waals surface area contributed by atoms with Gasteiger partial charge in [0.15, 0.2) is 0 Å². The molecule has 7 nitrogen and oxygen atoms in total. The molecule has 2 aromatic carbocycles.